The van der Waals surface area contributed by atoms with E-state index in [1.54, 1.807) is 0 Å². The zero-order valence-corrected chi connectivity index (χ0v) is 11.1. The van der Waals surface area contributed by atoms with Gasteiger partial charge >= 0.3 is 5.97 Å². The molecule has 0 aromatic heterocycles. The summed E-state index contributed by atoms with van der Waals surface area (Å²) in [6.45, 7) is 5.60. The largest absolute Gasteiger partial charge is 0.464 e. The van der Waals surface area contributed by atoms with Gasteiger partial charge in [0.15, 0.2) is 0 Å². The summed E-state index contributed by atoms with van der Waals surface area (Å²) in [5, 5.41) is 0. The number of esters is 1. The van der Waals surface area contributed by atoms with Gasteiger partial charge < -0.3 is 4.74 Å². The van der Waals surface area contributed by atoms with Crippen molar-refractivity contribution in [1.29, 1.82) is 0 Å². The number of hydrogen-bond acceptors (Lipinski definition) is 3. The maximum atomic E-state index is 11.8. The Hall–Kier alpha value is -1.35. The lowest BCUT2D eigenvalue weighted by Gasteiger charge is -2.14. The number of unbranched alkanes of at least 4 members (excludes halogenated alkanes) is 1. The van der Waals surface area contributed by atoms with Gasteiger partial charge in [0, 0.05) is 12.6 Å². The van der Waals surface area contributed by atoms with E-state index in [-0.39, 0.29) is 18.1 Å². The summed E-state index contributed by atoms with van der Waals surface area (Å²) in [5.41, 5.74) is 1.25. The Balaban J connectivity index is 1.82. The predicted octanol–water partition coefficient (Wildman–Crippen LogP) is 2.78. The van der Waals surface area contributed by atoms with Crippen molar-refractivity contribution in [2.75, 3.05) is 13.2 Å². The Kier molecular flexibility index (Phi) is 4.37. The Morgan fingerprint density at radius 1 is 1.44 bits per heavy atom. The first-order valence-corrected chi connectivity index (χ1v) is 6.71. The molecule has 18 heavy (non-hydrogen) atoms. The molecule has 1 aliphatic heterocycles. The molecule has 1 saturated heterocycles. The van der Waals surface area contributed by atoms with Gasteiger partial charge in [-0.1, -0.05) is 43.7 Å². The van der Waals surface area contributed by atoms with Gasteiger partial charge in [0.2, 0.25) is 0 Å². The highest BCUT2D eigenvalue weighted by Gasteiger charge is 2.44. The second-order valence-corrected chi connectivity index (χ2v) is 4.82. The molecule has 0 amide bonds. The molecule has 1 aromatic carbocycles. The van der Waals surface area contributed by atoms with E-state index in [4.69, 9.17) is 4.74 Å². The topological polar surface area (TPSA) is 29.3 Å². The third-order valence-electron chi connectivity index (χ3n) is 3.44. The first-order chi connectivity index (χ1) is 8.74. The quantitative estimate of drug-likeness (QED) is 0.440. The lowest BCUT2D eigenvalue weighted by molar-refractivity contribution is -0.144. The van der Waals surface area contributed by atoms with Gasteiger partial charge in [0.25, 0.3) is 0 Å². The summed E-state index contributed by atoms with van der Waals surface area (Å²) in [6.07, 6.45) is 2.01. The molecule has 1 fully saturated rings. The van der Waals surface area contributed by atoms with Crippen molar-refractivity contribution >= 4 is 5.97 Å². The van der Waals surface area contributed by atoms with Crippen LogP contribution in [0, 0.1) is 0 Å². The average molecular weight is 247 g/mol. The highest BCUT2D eigenvalue weighted by atomic mass is 16.5. The van der Waals surface area contributed by atoms with Gasteiger partial charge in [0.1, 0.15) is 6.04 Å². The fourth-order valence-electron chi connectivity index (χ4n) is 2.13. The molecule has 3 atom stereocenters. The fourth-order valence-corrected chi connectivity index (χ4v) is 2.13. The van der Waals surface area contributed by atoms with E-state index >= 15 is 0 Å². The van der Waals surface area contributed by atoms with Crippen LogP contribution >= 0.6 is 0 Å². The molecule has 3 nitrogen and oxygen atoms in total. The Labute approximate surface area is 109 Å². The Morgan fingerprint density at radius 2 is 2.17 bits per heavy atom. The minimum atomic E-state index is -0.0637. The van der Waals surface area contributed by atoms with Crippen LogP contribution in [-0.4, -0.2) is 30.1 Å². The van der Waals surface area contributed by atoms with Crippen LogP contribution in [0.1, 0.15) is 38.3 Å². The van der Waals surface area contributed by atoms with Gasteiger partial charge in [0.05, 0.1) is 6.61 Å². The monoisotopic (exact) mass is 247 g/mol. The number of ether oxygens (including phenoxy) is 1. The summed E-state index contributed by atoms with van der Waals surface area (Å²) >= 11 is 0. The lowest BCUT2D eigenvalue weighted by Crippen LogP contribution is -2.18. The molecule has 0 saturated carbocycles. The lowest BCUT2D eigenvalue weighted by atomic mass is 10.1. The normalized spacial score (nSPS) is 23.4. The van der Waals surface area contributed by atoms with Crippen molar-refractivity contribution in [3.63, 3.8) is 0 Å². The summed E-state index contributed by atoms with van der Waals surface area (Å²) in [4.78, 5) is 13.9. The highest BCUT2D eigenvalue weighted by molar-refractivity contribution is 5.79. The summed E-state index contributed by atoms with van der Waals surface area (Å²) in [5.74, 6) is -0.0637. The molecule has 1 aliphatic rings. The number of benzene rings is 1. The van der Waals surface area contributed by atoms with Gasteiger partial charge in [-0.05, 0) is 18.9 Å². The average Bonchev–Trinajstić information content (AvgIpc) is 3.19. The summed E-state index contributed by atoms with van der Waals surface area (Å²) in [7, 11) is 0. The van der Waals surface area contributed by atoms with E-state index in [2.05, 4.69) is 30.9 Å². The molecule has 1 aromatic rings. The Bertz CT molecular complexity index is 391. The van der Waals surface area contributed by atoms with Crippen LogP contribution in [0.3, 0.4) is 0 Å². The molecular weight excluding hydrogens is 226 g/mol. The van der Waals surface area contributed by atoms with Crippen molar-refractivity contribution in [3.8, 4) is 0 Å². The third kappa shape index (κ3) is 3.10. The fraction of sp³-hybridized carbons (Fsp3) is 0.533. The van der Waals surface area contributed by atoms with Gasteiger partial charge in [-0.15, -0.1) is 0 Å². The van der Waals surface area contributed by atoms with E-state index in [1.165, 1.54) is 5.56 Å². The first-order valence-electron chi connectivity index (χ1n) is 6.71. The maximum absolute atomic E-state index is 11.8. The van der Waals surface area contributed by atoms with Crippen molar-refractivity contribution in [3.05, 3.63) is 35.9 Å². The number of nitrogens with zero attached hydrogens (tertiary/aromatic N) is 1. The Morgan fingerprint density at radius 3 is 2.83 bits per heavy atom. The number of hydrogen-bond donors (Lipinski definition) is 0. The smallest absolute Gasteiger partial charge is 0.324 e. The van der Waals surface area contributed by atoms with Crippen molar-refractivity contribution in [1.82, 2.24) is 4.90 Å². The van der Waals surface area contributed by atoms with Gasteiger partial charge in [-0.25, -0.2) is 0 Å². The van der Waals surface area contributed by atoms with Crippen LogP contribution in [0.2, 0.25) is 0 Å². The molecule has 98 valence electrons. The highest BCUT2D eigenvalue weighted by Crippen LogP contribution is 2.32. The molecule has 0 spiro atoms. The predicted molar refractivity (Wildman–Crippen MR) is 71.2 cm³/mol. The molecule has 0 aliphatic carbocycles. The zero-order valence-electron chi connectivity index (χ0n) is 11.1. The van der Waals surface area contributed by atoms with E-state index < -0.39 is 0 Å². The first kappa shape index (κ1) is 13.1. The van der Waals surface area contributed by atoms with E-state index in [0.717, 1.165) is 19.4 Å². The zero-order chi connectivity index (χ0) is 13.0. The minimum Gasteiger partial charge on any atom is -0.464 e. The van der Waals surface area contributed by atoms with Gasteiger partial charge in [-0.2, -0.15) is 0 Å². The van der Waals surface area contributed by atoms with Crippen molar-refractivity contribution in [2.45, 2.75) is 38.8 Å². The molecule has 2 rings (SSSR count). The number of carbonyl (C=O) groups is 1. The van der Waals surface area contributed by atoms with Crippen LogP contribution in [0.15, 0.2) is 30.3 Å². The number of carbonyl (C=O) groups excluding carboxylic acids is 1. The van der Waals surface area contributed by atoms with Crippen LogP contribution < -0.4 is 0 Å². The van der Waals surface area contributed by atoms with E-state index in [0.29, 0.717) is 6.61 Å². The minimum absolute atomic E-state index is 0.0305. The van der Waals surface area contributed by atoms with E-state index in [9.17, 15) is 4.79 Å². The van der Waals surface area contributed by atoms with Crippen LogP contribution in [0.5, 0.6) is 0 Å². The molecule has 3 heteroatoms. The van der Waals surface area contributed by atoms with Gasteiger partial charge in [-0.3, -0.25) is 9.69 Å². The molecule has 1 heterocycles. The van der Waals surface area contributed by atoms with E-state index in [1.807, 2.05) is 18.2 Å². The summed E-state index contributed by atoms with van der Waals surface area (Å²) < 4.78 is 5.24. The van der Waals surface area contributed by atoms with Crippen LogP contribution in [0.4, 0.5) is 0 Å². The van der Waals surface area contributed by atoms with Crippen molar-refractivity contribution < 1.29 is 9.53 Å². The molecule has 0 radical (unpaired) electrons. The molecule has 0 bridgehead atoms. The van der Waals surface area contributed by atoms with Crippen LogP contribution in [0.25, 0.3) is 0 Å². The second kappa shape index (κ2) is 6.01. The maximum Gasteiger partial charge on any atom is 0.324 e. The van der Waals surface area contributed by atoms with Crippen molar-refractivity contribution in [2.24, 2.45) is 0 Å². The molecular formula is C15H21NO2. The molecule has 1 unspecified atom stereocenters. The number of rotatable bonds is 6. The summed E-state index contributed by atoms with van der Waals surface area (Å²) in [6, 6.07) is 10.5. The SMILES string of the molecule is CCCCOC(=O)[C@H]1CN1[C@H](C)c1ccccc1. The molecule has 0 N–H and O–H groups in total. The standard InChI is InChI=1S/C15H21NO2/c1-3-4-10-18-15(17)14-11-16(14)12(2)13-8-6-5-7-9-13/h5-9,12,14H,3-4,10-11H2,1-2H3/t12-,14-,16?/m1/s1. The van der Waals surface area contributed by atoms with Crippen LogP contribution in [-0.2, 0) is 9.53 Å². The second-order valence-electron chi connectivity index (χ2n) is 4.82. The third-order valence-corrected chi connectivity index (χ3v) is 3.44.